The third-order valence-corrected chi connectivity index (χ3v) is 5.04. The van der Waals surface area contributed by atoms with Crippen molar-refractivity contribution >= 4 is 33.3 Å². The molecular weight excluding hydrogens is 398 g/mol. The number of fused-ring (bicyclic) bond motifs is 1. The molecule has 2 heterocycles. The molecule has 2 aromatic carbocycles. The molecular formula is C20H14F2N4O2S. The summed E-state index contributed by atoms with van der Waals surface area (Å²) in [7, 11) is 0. The number of nitrogens with one attached hydrogen (secondary N) is 1. The van der Waals surface area contributed by atoms with Crippen LogP contribution in [-0.4, -0.2) is 20.7 Å². The first-order valence-electron chi connectivity index (χ1n) is 8.67. The Balaban J connectivity index is 1.43. The predicted octanol–water partition coefficient (Wildman–Crippen LogP) is 3.83. The maximum absolute atomic E-state index is 13.4. The van der Waals surface area contributed by atoms with Crippen molar-refractivity contribution < 1.29 is 13.6 Å². The van der Waals surface area contributed by atoms with Crippen LogP contribution in [0.25, 0.3) is 22.2 Å². The van der Waals surface area contributed by atoms with Gasteiger partial charge in [0.15, 0.2) is 16.8 Å². The molecule has 0 atom stereocenters. The summed E-state index contributed by atoms with van der Waals surface area (Å²) >= 11 is 1.19. The van der Waals surface area contributed by atoms with Gasteiger partial charge in [-0.25, -0.2) is 13.8 Å². The molecule has 0 unspecified atom stereocenters. The number of halogens is 2. The Bertz CT molecular complexity index is 1270. The zero-order chi connectivity index (χ0) is 20.4. The standard InChI is InChI=1S/C20H14F2N4O2S/c21-14-6-5-12(9-15(14)22)16-11-29-20(24-16)25-19(28)7-8-26-17-4-2-1-3-13(17)18(27)10-23-26/h1-6,9-11H,7-8H2,(H,24,25,28). The summed E-state index contributed by atoms with van der Waals surface area (Å²) in [4.78, 5) is 28.4. The normalized spacial score (nSPS) is 11.0. The second-order valence-corrected chi connectivity index (χ2v) is 7.07. The summed E-state index contributed by atoms with van der Waals surface area (Å²) in [5, 5.41) is 9.32. The Morgan fingerprint density at radius 2 is 1.97 bits per heavy atom. The Morgan fingerprint density at radius 3 is 2.79 bits per heavy atom. The van der Waals surface area contributed by atoms with E-state index in [2.05, 4.69) is 15.4 Å². The van der Waals surface area contributed by atoms with Crippen LogP contribution >= 0.6 is 11.3 Å². The quantitative estimate of drug-likeness (QED) is 0.541. The number of thiazole rings is 1. The average molecular weight is 412 g/mol. The number of carbonyl (C=O) groups excluding carboxylic acids is 1. The van der Waals surface area contributed by atoms with Gasteiger partial charge in [0.2, 0.25) is 11.3 Å². The van der Waals surface area contributed by atoms with Crippen molar-refractivity contribution in [2.45, 2.75) is 13.0 Å². The molecule has 0 aliphatic heterocycles. The van der Waals surface area contributed by atoms with Crippen molar-refractivity contribution in [3.05, 3.63) is 75.9 Å². The first-order chi connectivity index (χ1) is 14.0. The molecule has 4 rings (SSSR count). The second-order valence-electron chi connectivity index (χ2n) is 6.21. The summed E-state index contributed by atoms with van der Waals surface area (Å²) in [6.45, 7) is 0.286. The van der Waals surface area contributed by atoms with E-state index in [1.165, 1.54) is 23.6 Å². The van der Waals surface area contributed by atoms with E-state index in [1.54, 1.807) is 34.3 Å². The molecule has 2 aromatic heterocycles. The average Bonchev–Trinajstić information content (AvgIpc) is 3.18. The summed E-state index contributed by atoms with van der Waals surface area (Å²) in [5.41, 5.74) is 1.35. The molecule has 0 saturated heterocycles. The minimum atomic E-state index is -0.957. The highest BCUT2D eigenvalue weighted by atomic mass is 32.1. The number of aromatic nitrogens is 3. The Hall–Kier alpha value is -3.46. The van der Waals surface area contributed by atoms with Gasteiger partial charge in [-0.05, 0) is 30.3 Å². The third kappa shape index (κ3) is 4.04. The van der Waals surface area contributed by atoms with E-state index in [1.807, 2.05) is 0 Å². The van der Waals surface area contributed by atoms with Gasteiger partial charge in [-0.1, -0.05) is 12.1 Å². The zero-order valence-corrected chi connectivity index (χ0v) is 15.7. The fraction of sp³-hybridized carbons (Fsp3) is 0.100. The molecule has 0 spiro atoms. The SMILES string of the molecule is O=C(CCn1ncc(=O)c2ccccc21)Nc1nc(-c2ccc(F)c(F)c2)cs1. The van der Waals surface area contributed by atoms with E-state index < -0.39 is 11.6 Å². The lowest BCUT2D eigenvalue weighted by Crippen LogP contribution is -2.17. The summed E-state index contributed by atoms with van der Waals surface area (Å²) in [6, 6.07) is 10.6. The van der Waals surface area contributed by atoms with Crippen molar-refractivity contribution in [2.24, 2.45) is 0 Å². The topological polar surface area (TPSA) is 76.9 Å². The van der Waals surface area contributed by atoms with Crippen LogP contribution in [0.4, 0.5) is 13.9 Å². The number of para-hydroxylation sites is 1. The van der Waals surface area contributed by atoms with Crippen LogP contribution in [0, 0.1) is 11.6 Å². The number of hydrogen-bond donors (Lipinski definition) is 1. The van der Waals surface area contributed by atoms with Gasteiger partial charge in [0, 0.05) is 22.8 Å². The number of benzene rings is 2. The van der Waals surface area contributed by atoms with Crippen molar-refractivity contribution in [3.63, 3.8) is 0 Å². The van der Waals surface area contributed by atoms with E-state index in [4.69, 9.17) is 0 Å². The number of rotatable bonds is 5. The van der Waals surface area contributed by atoms with Gasteiger partial charge >= 0.3 is 0 Å². The van der Waals surface area contributed by atoms with Gasteiger partial charge in [-0.3, -0.25) is 14.3 Å². The molecule has 146 valence electrons. The van der Waals surface area contributed by atoms with E-state index in [9.17, 15) is 18.4 Å². The van der Waals surface area contributed by atoms with Crippen molar-refractivity contribution in [2.75, 3.05) is 5.32 Å². The summed E-state index contributed by atoms with van der Waals surface area (Å²) < 4.78 is 28.0. The molecule has 0 radical (unpaired) electrons. The van der Waals surface area contributed by atoms with Gasteiger partial charge in [0.25, 0.3) is 0 Å². The molecule has 4 aromatic rings. The fourth-order valence-corrected chi connectivity index (χ4v) is 3.58. The lowest BCUT2D eigenvalue weighted by Gasteiger charge is -2.08. The van der Waals surface area contributed by atoms with Gasteiger partial charge in [0.1, 0.15) is 0 Å². The maximum Gasteiger partial charge on any atom is 0.228 e. The number of anilines is 1. The van der Waals surface area contributed by atoms with Crippen LogP contribution in [0.15, 0.2) is 58.8 Å². The largest absolute Gasteiger partial charge is 0.302 e. The van der Waals surface area contributed by atoms with Gasteiger partial charge in [-0.15, -0.1) is 11.3 Å². The lowest BCUT2D eigenvalue weighted by atomic mass is 10.2. The first-order valence-corrected chi connectivity index (χ1v) is 9.55. The van der Waals surface area contributed by atoms with Crippen LogP contribution in [0.1, 0.15) is 6.42 Å². The minimum Gasteiger partial charge on any atom is -0.302 e. The van der Waals surface area contributed by atoms with Crippen LogP contribution in [0.3, 0.4) is 0 Å². The molecule has 1 amide bonds. The molecule has 0 saturated carbocycles. The highest BCUT2D eigenvalue weighted by Gasteiger charge is 2.11. The van der Waals surface area contributed by atoms with E-state index in [0.29, 0.717) is 27.3 Å². The third-order valence-electron chi connectivity index (χ3n) is 4.28. The minimum absolute atomic E-state index is 0.125. The molecule has 0 aliphatic carbocycles. The number of nitrogens with zero attached hydrogens (tertiary/aromatic N) is 3. The van der Waals surface area contributed by atoms with E-state index >= 15 is 0 Å². The number of hydrogen-bond acceptors (Lipinski definition) is 5. The highest BCUT2D eigenvalue weighted by molar-refractivity contribution is 7.14. The molecule has 29 heavy (non-hydrogen) atoms. The van der Waals surface area contributed by atoms with Crippen LogP contribution in [-0.2, 0) is 11.3 Å². The molecule has 9 heteroatoms. The van der Waals surface area contributed by atoms with Crippen molar-refractivity contribution in [3.8, 4) is 11.3 Å². The predicted molar refractivity (Wildman–Crippen MR) is 107 cm³/mol. The molecule has 0 fully saturated rings. The van der Waals surface area contributed by atoms with Crippen LogP contribution < -0.4 is 10.7 Å². The maximum atomic E-state index is 13.4. The van der Waals surface area contributed by atoms with Gasteiger partial charge in [0.05, 0.1) is 24.0 Å². The van der Waals surface area contributed by atoms with Crippen molar-refractivity contribution in [1.29, 1.82) is 0 Å². The first kappa shape index (κ1) is 18.9. The Kier molecular flexibility index (Phi) is 5.13. The summed E-state index contributed by atoms with van der Waals surface area (Å²) in [5.74, 6) is -2.16. The highest BCUT2D eigenvalue weighted by Crippen LogP contribution is 2.26. The van der Waals surface area contributed by atoms with Crippen molar-refractivity contribution in [1.82, 2.24) is 14.8 Å². The van der Waals surface area contributed by atoms with E-state index in [0.717, 1.165) is 12.1 Å². The smallest absolute Gasteiger partial charge is 0.228 e. The molecule has 1 N–H and O–H groups in total. The lowest BCUT2D eigenvalue weighted by molar-refractivity contribution is -0.116. The zero-order valence-electron chi connectivity index (χ0n) is 14.9. The Labute approximate surface area is 167 Å². The summed E-state index contributed by atoms with van der Waals surface area (Å²) in [6.07, 6.45) is 1.36. The van der Waals surface area contributed by atoms with Gasteiger partial charge < -0.3 is 5.32 Å². The molecule has 6 nitrogen and oxygen atoms in total. The monoisotopic (exact) mass is 412 g/mol. The van der Waals surface area contributed by atoms with Crippen LogP contribution in [0.5, 0.6) is 0 Å². The van der Waals surface area contributed by atoms with E-state index in [-0.39, 0.29) is 24.3 Å². The Morgan fingerprint density at radius 1 is 1.14 bits per heavy atom. The number of carbonyl (C=O) groups is 1. The second kappa shape index (κ2) is 7.88. The number of amides is 1. The fourth-order valence-electron chi connectivity index (χ4n) is 2.85. The van der Waals surface area contributed by atoms with Crippen LogP contribution in [0.2, 0.25) is 0 Å². The van der Waals surface area contributed by atoms with Gasteiger partial charge in [-0.2, -0.15) is 5.10 Å². The number of aryl methyl sites for hydroxylation is 1. The molecule has 0 bridgehead atoms. The molecule has 0 aliphatic rings.